The van der Waals surface area contributed by atoms with E-state index in [0.29, 0.717) is 0 Å². The first kappa shape index (κ1) is 14.0. The lowest BCUT2D eigenvalue weighted by molar-refractivity contribution is 0.413. The van der Waals surface area contributed by atoms with Crippen molar-refractivity contribution >= 4 is 0 Å². The molecule has 0 unspecified atom stereocenters. The fourth-order valence-electron chi connectivity index (χ4n) is 1.77. The number of ether oxygens (including phenoxy) is 1. The van der Waals surface area contributed by atoms with Crippen molar-refractivity contribution in [2.75, 3.05) is 26.7 Å². The molecule has 3 heteroatoms. The first-order chi connectivity index (χ1) is 8.10. The standard InChI is InChI=1S/C14H24N2O/c1-14(2,11-16-10-4-9-15)12-5-7-13(17-3)8-6-12/h5-8,16H,4,9-11,15H2,1-3H3. The van der Waals surface area contributed by atoms with E-state index in [9.17, 15) is 0 Å². The lowest BCUT2D eigenvalue weighted by Crippen LogP contribution is -2.34. The zero-order chi connectivity index (χ0) is 12.7. The van der Waals surface area contributed by atoms with Crippen LogP contribution in [0.15, 0.2) is 24.3 Å². The Morgan fingerprint density at radius 3 is 2.41 bits per heavy atom. The summed E-state index contributed by atoms with van der Waals surface area (Å²) in [7, 11) is 1.69. The van der Waals surface area contributed by atoms with E-state index >= 15 is 0 Å². The highest BCUT2D eigenvalue weighted by Crippen LogP contribution is 2.24. The van der Waals surface area contributed by atoms with Gasteiger partial charge in [0.05, 0.1) is 7.11 Å². The third-order valence-corrected chi connectivity index (χ3v) is 3.00. The largest absolute Gasteiger partial charge is 0.497 e. The van der Waals surface area contributed by atoms with Crippen LogP contribution in [-0.2, 0) is 5.41 Å². The fourth-order valence-corrected chi connectivity index (χ4v) is 1.77. The number of rotatable bonds is 7. The van der Waals surface area contributed by atoms with Gasteiger partial charge >= 0.3 is 0 Å². The number of methoxy groups -OCH3 is 1. The highest BCUT2D eigenvalue weighted by atomic mass is 16.5. The summed E-state index contributed by atoms with van der Waals surface area (Å²) in [6.45, 7) is 7.17. The molecule has 0 aliphatic heterocycles. The van der Waals surface area contributed by atoms with Crippen LogP contribution < -0.4 is 15.8 Å². The Balaban J connectivity index is 2.55. The Morgan fingerprint density at radius 1 is 1.24 bits per heavy atom. The lowest BCUT2D eigenvalue weighted by atomic mass is 9.84. The summed E-state index contributed by atoms with van der Waals surface area (Å²) in [5.74, 6) is 0.903. The van der Waals surface area contributed by atoms with Gasteiger partial charge in [-0.1, -0.05) is 26.0 Å². The van der Waals surface area contributed by atoms with Gasteiger partial charge in [-0.3, -0.25) is 0 Å². The maximum Gasteiger partial charge on any atom is 0.118 e. The predicted octanol–water partition coefficient (Wildman–Crippen LogP) is 1.91. The summed E-state index contributed by atoms with van der Waals surface area (Å²) in [6.07, 6.45) is 1.03. The van der Waals surface area contributed by atoms with Gasteiger partial charge in [-0.15, -0.1) is 0 Å². The van der Waals surface area contributed by atoms with Crippen LogP contribution in [0.5, 0.6) is 5.75 Å². The van der Waals surface area contributed by atoms with Crippen molar-refractivity contribution in [3.8, 4) is 5.75 Å². The molecule has 1 aromatic rings. The molecule has 0 heterocycles. The van der Waals surface area contributed by atoms with Gasteiger partial charge in [-0.2, -0.15) is 0 Å². The minimum Gasteiger partial charge on any atom is -0.497 e. The first-order valence-electron chi connectivity index (χ1n) is 6.15. The minimum atomic E-state index is 0.126. The normalized spacial score (nSPS) is 11.5. The van der Waals surface area contributed by atoms with Gasteiger partial charge in [0.15, 0.2) is 0 Å². The fraction of sp³-hybridized carbons (Fsp3) is 0.571. The first-order valence-corrected chi connectivity index (χ1v) is 6.15. The van der Waals surface area contributed by atoms with Crippen molar-refractivity contribution < 1.29 is 4.74 Å². The second-order valence-electron chi connectivity index (χ2n) is 4.93. The van der Waals surface area contributed by atoms with Crippen molar-refractivity contribution in [2.45, 2.75) is 25.7 Å². The van der Waals surface area contributed by atoms with E-state index in [1.807, 2.05) is 12.1 Å². The summed E-state index contributed by atoms with van der Waals surface area (Å²) >= 11 is 0. The summed E-state index contributed by atoms with van der Waals surface area (Å²) in [5, 5.41) is 3.44. The average molecular weight is 236 g/mol. The number of hydrogen-bond acceptors (Lipinski definition) is 3. The predicted molar refractivity (Wildman–Crippen MR) is 72.6 cm³/mol. The quantitative estimate of drug-likeness (QED) is 0.711. The van der Waals surface area contributed by atoms with E-state index in [1.165, 1.54) is 5.56 Å². The summed E-state index contributed by atoms with van der Waals surface area (Å²) in [6, 6.07) is 8.28. The van der Waals surface area contributed by atoms with Crippen LogP contribution in [0, 0.1) is 0 Å². The van der Waals surface area contributed by atoms with Gasteiger partial charge in [0, 0.05) is 12.0 Å². The zero-order valence-electron chi connectivity index (χ0n) is 11.1. The molecule has 0 aliphatic carbocycles. The molecular weight excluding hydrogens is 212 g/mol. The van der Waals surface area contributed by atoms with Gasteiger partial charge in [0.2, 0.25) is 0 Å². The van der Waals surface area contributed by atoms with Crippen LogP contribution in [0.25, 0.3) is 0 Å². The Morgan fingerprint density at radius 2 is 1.88 bits per heavy atom. The smallest absolute Gasteiger partial charge is 0.118 e. The van der Waals surface area contributed by atoms with E-state index in [1.54, 1.807) is 7.11 Å². The van der Waals surface area contributed by atoms with E-state index in [4.69, 9.17) is 10.5 Å². The van der Waals surface area contributed by atoms with Gasteiger partial charge in [-0.05, 0) is 37.2 Å². The number of nitrogens with one attached hydrogen (secondary N) is 1. The van der Waals surface area contributed by atoms with Crippen LogP contribution >= 0.6 is 0 Å². The lowest BCUT2D eigenvalue weighted by Gasteiger charge is -2.26. The van der Waals surface area contributed by atoms with Crippen LogP contribution in [0.1, 0.15) is 25.8 Å². The molecule has 96 valence electrons. The van der Waals surface area contributed by atoms with Crippen molar-refractivity contribution in [3.63, 3.8) is 0 Å². The molecular formula is C14H24N2O. The monoisotopic (exact) mass is 236 g/mol. The van der Waals surface area contributed by atoms with Crippen molar-refractivity contribution in [1.82, 2.24) is 5.32 Å². The molecule has 0 spiro atoms. The highest BCUT2D eigenvalue weighted by molar-refractivity contribution is 5.31. The second kappa shape index (κ2) is 6.62. The summed E-state index contributed by atoms with van der Waals surface area (Å²) in [4.78, 5) is 0. The van der Waals surface area contributed by atoms with Crippen molar-refractivity contribution in [2.24, 2.45) is 5.73 Å². The number of benzene rings is 1. The van der Waals surface area contributed by atoms with E-state index < -0.39 is 0 Å². The average Bonchev–Trinajstić information content (AvgIpc) is 2.35. The van der Waals surface area contributed by atoms with E-state index in [0.717, 1.165) is 31.8 Å². The van der Waals surface area contributed by atoms with Gasteiger partial charge < -0.3 is 15.8 Å². The molecule has 3 nitrogen and oxygen atoms in total. The molecule has 0 fully saturated rings. The number of hydrogen-bond donors (Lipinski definition) is 2. The molecule has 0 saturated carbocycles. The molecule has 0 atom stereocenters. The molecule has 17 heavy (non-hydrogen) atoms. The maximum atomic E-state index is 5.47. The zero-order valence-corrected chi connectivity index (χ0v) is 11.1. The number of nitrogens with two attached hydrogens (primary N) is 1. The summed E-state index contributed by atoms with van der Waals surface area (Å²) < 4.78 is 5.17. The Kier molecular flexibility index (Phi) is 5.45. The Bertz CT molecular complexity index is 319. The van der Waals surface area contributed by atoms with Crippen LogP contribution in [-0.4, -0.2) is 26.7 Å². The third kappa shape index (κ3) is 4.36. The topological polar surface area (TPSA) is 47.3 Å². The molecule has 0 radical (unpaired) electrons. The molecule has 3 N–H and O–H groups in total. The molecule has 0 amide bonds. The van der Waals surface area contributed by atoms with Gasteiger partial charge in [-0.25, -0.2) is 0 Å². The van der Waals surface area contributed by atoms with Crippen molar-refractivity contribution in [1.29, 1.82) is 0 Å². The van der Waals surface area contributed by atoms with Gasteiger partial charge in [0.25, 0.3) is 0 Å². The SMILES string of the molecule is COc1ccc(C(C)(C)CNCCCN)cc1. The van der Waals surface area contributed by atoms with Crippen LogP contribution in [0.4, 0.5) is 0 Å². The second-order valence-corrected chi connectivity index (χ2v) is 4.93. The molecule has 0 aliphatic rings. The Hall–Kier alpha value is -1.06. The Labute approximate surface area is 104 Å². The van der Waals surface area contributed by atoms with Crippen molar-refractivity contribution in [3.05, 3.63) is 29.8 Å². The van der Waals surface area contributed by atoms with Crippen LogP contribution in [0.3, 0.4) is 0 Å². The third-order valence-electron chi connectivity index (χ3n) is 3.00. The maximum absolute atomic E-state index is 5.47. The molecule has 1 rings (SSSR count). The molecule has 0 saturated heterocycles. The minimum absolute atomic E-state index is 0.126. The van der Waals surface area contributed by atoms with E-state index in [2.05, 4.69) is 31.3 Å². The summed E-state index contributed by atoms with van der Waals surface area (Å²) in [5.41, 5.74) is 6.91. The molecule has 0 bridgehead atoms. The molecule has 0 aromatic heterocycles. The highest BCUT2D eigenvalue weighted by Gasteiger charge is 2.19. The molecule has 1 aromatic carbocycles. The van der Waals surface area contributed by atoms with Gasteiger partial charge in [0.1, 0.15) is 5.75 Å². The van der Waals surface area contributed by atoms with E-state index in [-0.39, 0.29) is 5.41 Å². The van der Waals surface area contributed by atoms with Crippen LogP contribution in [0.2, 0.25) is 0 Å².